The Labute approximate surface area is 202 Å². The van der Waals surface area contributed by atoms with E-state index >= 15 is 0 Å². The number of piperidine rings is 1. The van der Waals surface area contributed by atoms with Gasteiger partial charge in [0, 0.05) is 36.8 Å². The average molecular weight is 485 g/mol. The molecule has 1 amide bonds. The number of aromatic nitrogens is 5. The smallest absolute Gasteiger partial charge is 0.407 e. The van der Waals surface area contributed by atoms with Gasteiger partial charge in [-0.25, -0.2) is 18.9 Å². The van der Waals surface area contributed by atoms with Crippen molar-refractivity contribution < 1.29 is 23.8 Å². The predicted molar refractivity (Wildman–Crippen MR) is 124 cm³/mol. The number of likely N-dealkylation sites (tertiary alicyclic amines) is 1. The van der Waals surface area contributed by atoms with Crippen LogP contribution < -0.4 is 4.74 Å². The number of halogens is 1. The molecule has 0 aliphatic carbocycles. The number of amides is 1. The Morgan fingerprint density at radius 1 is 1.26 bits per heavy atom. The van der Waals surface area contributed by atoms with Crippen LogP contribution in [0.4, 0.5) is 9.18 Å². The van der Waals surface area contributed by atoms with E-state index in [2.05, 4.69) is 17.0 Å². The van der Waals surface area contributed by atoms with Crippen molar-refractivity contribution in [1.29, 1.82) is 0 Å². The van der Waals surface area contributed by atoms with Crippen LogP contribution in [0.15, 0.2) is 24.7 Å². The third-order valence-corrected chi connectivity index (χ3v) is 7.09. The molecule has 3 aromatic rings. The fraction of sp³-hybridized carbons (Fsp3) is 0.500. The van der Waals surface area contributed by atoms with Gasteiger partial charge in [0.15, 0.2) is 5.82 Å². The van der Waals surface area contributed by atoms with Crippen LogP contribution in [0.2, 0.25) is 0 Å². The zero-order valence-electron chi connectivity index (χ0n) is 19.9. The molecule has 2 aliphatic heterocycles. The third kappa shape index (κ3) is 4.47. The molecule has 1 atom stereocenters. The number of carboxylic acid groups (broad SMARTS) is 1. The van der Waals surface area contributed by atoms with Crippen molar-refractivity contribution in [2.75, 3.05) is 33.4 Å². The van der Waals surface area contributed by atoms with E-state index in [0.29, 0.717) is 56.3 Å². The van der Waals surface area contributed by atoms with Crippen molar-refractivity contribution in [1.82, 2.24) is 29.4 Å². The Bertz CT molecular complexity index is 1220. The van der Waals surface area contributed by atoms with Gasteiger partial charge in [-0.15, -0.1) is 0 Å². The van der Waals surface area contributed by atoms with Crippen LogP contribution in [-0.4, -0.2) is 74.1 Å². The lowest BCUT2D eigenvalue weighted by Crippen LogP contribution is -2.39. The van der Waals surface area contributed by atoms with Gasteiger partial charge in [0.2, 0.25) is 5.88 Å². The van der Waals surface area contributed by atoms with Gasteiger partial charge in [-0.3, -0.25) is 4.68 Å². The highest BCUT2D eigenvalue weighted by Gasteiger charge is 2.28. The van der Waals surface area contributed by atoms with Crippen LogP contribution >= 0.6 is 0 Å². The summed E-state index contributed by atoms with van der Waals surface area (Å²) in [5, 5.41) is 18.7. The quantitative estimate of drug-likeness (QED) is 0.592. The highest BCUT2D eigenvalue weighted by Crippen LogP contribution is 2.32. The minimum Gasteiger partial charge on any atom is -0.479 e. The Kier molecular flexibility index (Phi) is 6.42. The van der Waals surface area contributed by atoms with Gasteiger partial charge in [-0.2, -0.15) is 10.2 Å². The molecular formula is C24H29FN6O4. The Morgan fingerprint density at radius 3 is 2.74 bits per heavy atom. The zero-order valence-corrected chi connectivity index (χ0v) is 19.9. The predicted octanol–water partition coefficient (Wildman–Crippen LogP) is 3.34. The van der Waals surface area contributed by atoms with Gasteiger partial charge in [0.05, 0.1) is 50.1 Å². The molecule has 10 nitrogen and oxygen atoms in total. The second kappa shape index (κ2) is 9.65. The number of hydrogen-bond donors (Lipinski definition) is 1. The third-order valence-electron chi connectivity index (χ3n) is 7.09. The summed E-state index contributed by atoms with van der Waals surface area (Å²) in [6.45, 7) is 4.36. The molecule has 1 fully saturated rings. The first-order valence-electron chi connectivity index (χ1n) is 11.9. The summed E-state index contributed by atoms with van der Waals surface area (Å²) in [7, 11) is 1.39. The molecule has 1 saturated heterocycles. The van der Waals surface area contributed by atoms with Gasteiger partial charge < -0.3 is 19.5 Å². The highest BCUT2D eigenvalue weighted by atomic mass is 19.1. The normalized spacial score (nSPS) is 17.6. The zero-order chi connectivity index (χ0) is 24.5. The van der Waals surface area contributed by atoms with Crippen molar-refractivity contribution in [3.05, 3.63) is 41.7 Å². The molecule has 0 radical (unpaired) electrons. The topological polar surface area (TPSA) is 108 Å². The monoisotopic (exact) mass is 484 g/mol. The first-order chi connectivity index (χ1) is 17.0. The van der Waals surface area contributed by atoms with Gasteiger partial charge in [-0.05, 0) is 38.2 Å². The van der Waals surface area contributed by atoms with Crippen LogP contribution in [0.1, 0.15) is 37.1 Å². The molecule has 0 spiro atoms. The molecule has 0 saturated carbocycles. The number of hydrogen-bond acceptors (Lipinski definition) is 6. The number of ether oxygens (including phenoxy) is 2. The van der Waals surface area contributed by atoms with Crippen molar-refractivity contribution in [3.8, 4) is 22.8 Å². The molecule has 5 rings (SSSR count). The van der Waals surface area contributed by atoms with E-state index < -0.39 is 11.9 Å². The van der Waals surface area contributed by atoms with Crippen LogP contribution in [0.3, 0.4) is 0 Å². The molecule has 0 aromatic carbocycles. The summed E-state index contributed by atoms with van der Waals surface area (Å²) >= 11 is 0. The summed E-state index contributed by atoms with van der Waals surface area (Å²) in [5.41, 5.74) is 4.14. The summed E-state index contributed by atoms with van der Waals surface area (Å²) in [4.78, 5) is 16.8. The lowest BCUT2D eigenvalue weighted by Gasteiger charge is -2.33. The van der Waals surface area contributed by atoms with Crippen LogP contribution in [-0.2, 0) is 17.6 Å². The van der Waals surface area contributed by atoms with Gasteiger partial charge in [0.1, 0.15) is 5.69 Å². The number of fused-ring (bicyclic) bond motifs is 1. The van der Waals surface area contributed by atoms with Crippen molar-refractivity contribution >= 4 is 6.09 Å². The Morgan fingerprint density at radius 2 is 2.03 bits per heavy atom. The van der Waals surface area contributed by atoms with Gasteiger partial charge in [-0.1, -0.05) is 0 Å². The number of methoxy groups -OCH3 is 1. The second-order valence-electron chi connectivity index (χ2n) is 9.04. The van der Waals surface area contributed by atoms with Crippen LogP contribution in [0, 0.1) is 11.7 Å². The number of rotatable bonds is 5. The molecule has 35 heavy (non-hydrogen) atoms. The van der Waals surface area contributed by atoms with E-state index in [1.165, 1.54) is 18.1 Å². The van der Waals surface area contributed by atoms with Crippen molar-refractivity contribution in [2.24, 2.45) is 5.92 Å². The fourth-order valence-electron chi connectivity index (χ4n) is 5.05. The van der Waals surface area contributed by atoms with E-state index in [9.17, 15) is 14.3 Å². The molecule has 2 aliphatic rings. The molecule has 0 bridgehead atoms. The fourth-order valence-corrected chi connectivity index (χ4v) is 5.05. The molecule has 186 valence electrons. The summed E-state index contributed by atoms with van der Waals surface area (Å²) < 4.78 is 28.9. The van der Waals surface area contributed by atoms with E-state index in [-0.39, 0.29) is 11.9 Å². The Balaban J connectivity index is 1.45. The second-order valence-corrected chi connectivity index (χ2v) is 9.04. The first-order valence-corrected chi connectivity index (χ1v) is 11.9. The van der Waals surface area contributed by atoms with E-state index in [4.69, 9.17) is 14.6 Å². The summed E-state index contributed by atoms with van der Waals surface area (Å²) in [6, 6.07) is 1.52. The van der Waals surface area contributed by atoms with E-state index in [1.54, 1.807) is 12.4 Å². The minimum absolute atomic E-state index is 0.0490. The maximum absolute atomic E-state index is 14.4. The largest absolute Gasteiger partial charge is 0.479 e. The SMILES string of the molecule is COc1ncc(-c2nn(-c3cnn(C(C)C4CCN(C(=O)O)CC4)c3)c3c2CCOCC3)cc1F. The number of pyridine rings is 1. The van der Waals surface area contributed by atoms with Crippen LogP contribution in [0.25, 0.3) is 16.9 Å². The maximum atomic E-state index is 14.4. The molecule has 1 unspecified atom stereocenters. The van der Waals surface area contributed by atoms with Gasteiger partial charge >= 0.3 is 6.09 Å². The summed E-state index contributed by atoms with van der Waals surface area (Å²) in [6.07, 6.45) is 7.45. The first kappa shape index (κ1) is 23.3. The maximum Gasteiger partial charge on any atom is 0.407 e. The molecular weight excluding hydrogens is 455 g/mol. The van der Waals surface area contributed by atoms with Crippen molar-refractivity contribution in [3.63, 3.8) is 0 Å². The number of carbonyl (C=O) groups is 1. The van der Waals surface area contributed by atoms with E-state index in [1.807, 2.05) is 15.6 Å². The highest BCUT2D eigenvalue weighted by molar-refractivity contribution is 5.65. The number of nitrogens with zero attached hydrogens (tertiary/aromatic N) is 6. The van der Waals surface area contributed by atoms with E-state index in [0.717, 1.165) is 29.8 Å². The van der Waals surface area contributed by atoms with Crippen molar-refractivity contribution in [2.45, 2.75) is 38.6 Å². The van der Waals surface area contributed by atoms with Gasteiger partial charge in [0.25, 0.3) is 0 Å². The van der Waals surface area contributed by atoms with Crippen LogP contribution in [0.5, 0.6) is 5.88 Å². The molecule has 5 heterocycles. The molecule has 3 aromatic heterocycles. The minimum atomic E-state index is -0.858. The Hall–Kier alpha value is -3.47. The molecule has 11 heteroatoms. The molecule has 1 N–H and O–H groups in total. The summed E-state index contributed by atoms with van der Waals surface area (Å²) in [5.74, 6) is -0.244. The average Bonchev–Trinajstić information content (AvgIpc) is 3.41. The lowest BCUT2D eigenvalue weighted by molar-refractivity contribution is 0.114. The lowest BCUT2D eigenvalue weighted by atomic mass is 9.90. The standard InChI is InChI=1S/C24H29FN6O4/c1-15(16-3-7-29(8-4-16)24(32)33)30-14-18(13-27-30)31-21-6-10-35-9-5-19(21)22(28-31)17-11-20(25)23(34-2)26-12-17/h11-16H,3-10H2,1-2H3,(H,32,33).